The molecule has 4 aliphatic rings. The van der Waals surface area contributed by atoms with E-state index in [-0.39, 0.29) is 48.9 Å². The van der Waals surface area contributed by atoms with Crippen molar-refractivity contribution in [2.45, 2.75) is 69.0 Å². The fourth-order valence-corrected chi connectivity index (χ4v) is 10.6. The number of sulfonamides is 1. The second-order valence-electron chi connectivity index (χ2n) is 16.5. The smallest absolute Gasteiger partial charge is 0.251 e. The highest BCUT2D eigenvalue weighted by Crippen LogP contribution is 2.38. The molecule has 316 valence electrons. The van der Waals surface area contributed by atoms with E-state index in [1.807, 2.05) is 30.3 Å². The molecule has 0 saturated carbocycles. The minimum Gasteiger partial charge on any atom is -0.363 e. The van der Waals surface area contributed by atoms with Crippen LogP contribution in [0.15, 0.2) is 73.2 Å². The molecule has 0 aliphatic carbocycles. The van der Waals surface area contributed by atoms with Gasteiger partial charge in [-0.25, -0.2) is 13.4 Å². The van der Waals surface area contributed by atoms with Crippen molar-refractivity contribution in [3.8, 4) is 17.3 Å². The van der Waals surface area contributed by atoms with Crippen molar-refractivity contribution in [2.75, 3.05) is 55.2 Å². The number of piperazine rings is 1. The van der Waals surface area contributed by atoms with Crippen LogP contribution in [0, 0.1) is 11.3 Å². The minimum atomic E-state index is -3.38. The van der Waals surface area contributed by atoms with Gasteiger partial charge in [0.25, 0.3) is 5.91 Å². The van der Waals surface area contributed by atoms with Crippen LogP contribution in [0.1, 0.15) is 67.3 Å². The molecule has 3 amide bonds. The molecule has 7 heterocycles. The number of fused-ring (bicyclic) bond motifs is 3. The lowest BCUT2D eigenvalue weighted by Gasteiger charge is -2.47. The van der Waals surface area contributed by atoms with E-state index < -0.39 is 15.6 Å². The maximum absolute atomic E-state index is 13.1. The molecule has 18 heteroatoms. The first kappa shape index (κ1) is 40.3. The minimum absolute atomic E-state index is 0.00359. The average Bonchev–Trinajstić information content (AvgIpc) is 3.99. The number of H-pyrrole nitrogens is 1. The number of aromatic amines is 1. The molecule has 61 heavy (non-hydrogen) atoms. The SMILES string of the molecule is CCS(=O)(=O)N1CC(CC#N)(n2cc(-c3nc(Nc4ccc(C(=O)NCCCN5CC6CCC(C5)N6c5ccc(C6CCC(=O)NC6=O)cc5)cc4)nc4[nH]ccc34)cn2)C1. The highest BCUT2D eigenvalue weighted by atomic mass is 32.2. The van der Waals surface area contributed by atoms with Crippen LogP contribution in [0.4, 0.5) is 17.3 Å². The number of nitrogens with zero attached hydrogens (tertiary/aromatic N) is 8. The Balaban J connectivity index is 0.769. The first-order valence-electron chi connectivity index (χ1n) is 20.9. The molecule has 0 radical (unpaired) electrons. The van der Waals surface area contributed by atoms with Crippen molar-refractivity contribution in [1.29, 1.82) is 5.26 Å². The number of hydrogen-bond acceptors (Lipinski definition) is 12. The molecule has 3 aromatic heterocycles. The van der Waals surface area contributed by atoms with Gasteiger partial charge in [-0.2, -0.15) is 19.6 Å². The fourth-order valence-electron chi connectivity index (χ4n) is 9.32. The van der Waals surface area contributed by atoms with Gasteiger partial charge in [0.1, 0.15) is 11.2 Å². The Hall–Kier alpha value is -6.16. The summed E-state index contributed by atoms with van der Waals surface area (Å²) in [5.41, 5.74) is 4.54. The molecule has 4 saturated heterocycles. The summed E-state index contributed by atoms with van der Waals surface area (Å²) in [6.07, 6.45) is 9.39. The van der Waals surface area contributed by atoms with Gasteiger partial charge in [-0.05, 0) is 87.2 Å². The summed E-state index contributed by atoms with van der Waals surface area (Å²) in [6.45, 7) is 5.35. The molecule has 3 unspecified atom stereocenters. The highest BCUT2D eigenvalue weighted by Gasteiger charge is 2.50. The second kappa shape index (κ2) is 16.4. The van der Waals surface area contributed by atoms with E-state index in [9.17, 15) is 28.1 Å². The molecular formula is C43H48N12O5S. The number of nitrogens with one attached hydrogen (secondary N) is 4. The lowest BCUT2D eigenvalue weighted by Crippen LogP contribution is -2.64. The van der Waals surface area contributed by atoms with Gasteiger partial charge in [-0.3, -0.25) is 29.3 Å². The first-order chi connectivity index (χ1) is 29.5. The van der Waals surface area contributed by atoms with Crippen molar-refractivity contribution in [2.24, 2.45) is 0 Å². The fraction of sp³-hybridized carbons (Fsp3) is 0.419. The van der Waals surface area contributed by atoms with Crippen LogP contribution in [-0.4, -0.2) is 117 Å². The third-order valence-corrected chi connectivity index (χ3v) is 14.4. The number of anilines is 3. The van der Waals surface area contributed by atoms with Crippen molar-refractivity contribution < 1.29 is 22.8 Å². The van der Waals surface area contributed by atoms with Crippen LogP contribution in [-0.2, 0) is 25.2 Å². The van der Waals surface area contributed by atoms with Crippen LogP contribution >= 0.6 is 0 Å². The number of amides is 3. The highest BCUT2D eigenvalue weighted by molar-refractivity contribution is 7.89. The molecule has 2 bridgehead atoms. The Bertz CT molecular complexity index is 2600. The number of nitriles is 1. The van der Waals surface area contributed by atoms with E-state index in [0.29, 0.717) is 65.6 Å². The Kier molecular flexibility index (Phi) is 10.8. The lowest BCUT2D eigenvalue weighted by atomic mass is 9.89. The van der Waals surface area contributed by atoms with Gasteiger partial charge in [0.2, 0.25) is 27.8 Å². The third kappa shape index (κ3) is 7.96. The molecule has 0 spiro atoms. The van der Waals surface area contributed by atoms with Gasteiger partial charge >= 0.3 is 0 Å². The number of carbonyl (C=O) groups excluding carboxylic acids is 3. The van der Waals surface area contributed by atoms with Crippen LogP contribution in [0.5, 0.6) is 0 Å². The number of benzene rings is 2. The van der Waals surface area contributed by atoms with Crippen molar-refractivity contribution in [3.63, 3.8) is 0 Å². The Morgan fingerprint density at radius 2 is 1.75 bits per heavy atom. The van der Waals surface area contributed by atoms with E-state index in [2.05, 4.69) is 59.0 Å². The van der Waals surface area contributed by atoms with Gasteiger partial charge in [-0.1, -0.05) is 12.1 Å². The summed E-state index contributed by atoms with van der Waals surface area (Å²) >= 11 is 0. The summed E-state index contributed by atoms with van der Waals surface area (Å²) in [6, 6.07) is 20.4. The van der Waals surface area contributed by atoms with Gasteiger partial charge in [-0.15, -0.1) is 0 Å². The van der Waals surface area contributed by atoms with E-state index in [1.165, 1.54) is 9.99 Å². The largest absolute Gasteiger partial charge is 0.363 e. The number of carbonyl (C=O) groups is 3. The first-order valence-corrected chi connectivity index (χ1v) is 22.5. The number of rotatable bonds is 14. The molecular weight excluding hydrogens is 797 g/mol. The summed E-state index contributed by atoms with van der Waals surface area (Å²) in [5.74, 6) is -0.499. The molecule has 5 aromatic rings. The Labute approximate surface area is 353 Å². The molecule has 4 fully saturated rings. The summed E-state index contributed by atoms with van der Waals surface area (Å²) < 4.78 is 28.0. The van der Waals surface area contributed by atoms with Gasteiger partial charge < -0.3 is 20.5 Å². The van der Waals surface area contributed by atoms with Gasteiger partial charge in [0.05, 0.1) is 36.1 Å². The van der Waals surface area contributed by atoms with Crippen LogP contribution in [0.2, 0.25) is 0 Å². The Morgan fingerprint density at radius 3 is 2.46 bits per heavy atom. The summed E-state index contributed by atoms with van der Waals surface area (Å²) in [4.78, 5) is 54.7. The topological polar surface area (TPSA) is 214 Å². The van der Waals surface area contributed by atoms with Crippen molar-refractivity contribution in [3.05, 3.63) is 84.3 Å². The van der Waals surface area contributed by atoms with Crippen LogP contribution in [0.3, 0.4) is 0 Å². The molecule has 4 N–H and O–H groups in total. The predicted molar refractivity (Wildman–Crippen MR) is 228 cm³/mol. The quantitative estimate of drug-likeness (QED) is 0.0928. The number of imide groups is 1. The molecule has 4 aliphatic heterocycles. The molecule has 3 atom stereocenters. The van der Waals surface area contributed by atoms with E-state index >= 15 is 0 Å². The molecule has 2 aromatic carbocycles. The van der Waals surface area contributed by atoms with Gasteiger partial charge in [0.15, 0.2) is 0 Å². The predicted octanol–water partition coefficient (Wildman–Crippen LogP) is 3.83. The summed E-state index contributed by atoms with van der Waals surface area (Å²) in [7, 11) is -3.38. The molecule has 9 rings (SSSR count). The van der Waals surface area contributed by atoms with E-state index in [1.54, 1.807) is 42.3 Å². The lowest BCUT2D eigenvalue weighted by molar-refractivity contribution is -0.134. The normalized spacial score (nSPS) is 21.5. The maximum Gasteiger partial charge on any atom is 0.251 e. The number of likely N-dealkylation sites (tertiary alicyclic amines) is 1. The average molecular weight is 845 g/mol. The van der Waals surface area contributed by atoms with Gasteiger partial charge in [0, 0.05) is 91.5 Å². The second-order valence-corrected chi connectivity index (χ2v) is 18.8. The Morgan fingerprint density at radius 1 is 1.00 bits per heavy atom. The third-order valence-electron chi connectivity index (χ3n) is 12.6. The standard InChI is InChI=1S/C43H48N12O5S/c1-2-61(59,60)53-26-43(27-53,17-18-44)54-23-30(22-47-54)38-36-16-20-45-39(36)51-42(50-38)48-31-8-4-29(5-9-31)40(57)46-19-3-21-52-24-33-12-13-34(25-52)55(33)32-10-6-28(7-11-32)35-14-15-37(56)49-41(35)58/h4-11,16,20,22-23,33-35H,2-3,12-15,17,19,21,24-27H2,1H3,(H,46,57)(H,49,56,58)(H2,45,48,50,51). The zero-order valence-corrected chi connectivity index (χ0v) is 34.7. The zero-order chi connectivity index (χ0) is 42.3. The number of hydrogen-bond donors (Lipinski definition) is 4. The summed E-state index contributed by atoms with van der Waals surface area (Å²) in [5, 5.41) is 23.7. The zero-order valence-electron chi connectivity index (χ0n) is 33.9. The number of aromatic nitrogens is 5. The van der Waals surface area contributed by atoms with E-state index in [0.717, 1.165) is 49.8 Å². The van der Waals surface area contributed by atoms with Crippen molar-refractivity contribution in [1.82, 2.24) is 44.6 Å². The maximum atomic E-state index is 13.1. The molecule has 17 nitrogen and oxygen atoms in total. The number of piperidine rings is 1. The van der Waals surface area contributed by atoms with Crippen LogP contribution < -0.4 is 20.9 Å². The monoisotopic (exact) mass is 844 g/mol. The van der Waals surface area contributed by atoms with Crippen LogP contribution in [0.25, 0.3) is 22.3 Å². The van der Waals surface area contributed by atoms with Crippen molar-refractivity contribution >= 4 is 56.1 Å². The van der Waals surface area contributed by atoms with E-state index in [4.69, 9.17) is 4.98 Å².